The van der Waals surface area contributed by atoms with Gasteiger partial charge in [0.25, 0.3) is 0 Å². The van der Waals surface area contributed by atoms with Crippen molar-refractivity contribution in [1.29, 1.82) is 0 Å². The van der Waals surface area contributed by atoms with Gasteiger partial charge in [-0.05, 0) is 36.7 Å². The van der Waals surface area contributed by atoms with Crippen LogP contribution >= 0.6 is 22.7 Å². The molecule has 0 aromatic carbocycles. The van der Waals surface area contributed by atoms with Crippen molar-refractivity contribution in [2.45, 2.75) is 20.0 Å². The standard InChI is InChI=1S/C13H12N2OS2/c1-8(2)16-12-11(10-4-3-6-17-10)14-9-5-7-18-13(9)15-12/h3-8H,1-2H3. The molecule has 0 atom stereocenters. The van der Waals surface area contributed by atoms with Crippen molar-refractivity contribution in [3.05, 3.63) is 29.0 Å². The van der Waals surface area contributed by atoms with Gasteiger partial charge in [0.1, 0.15) is 16.0 Å². The second-order valence-electron chi connectivity index (χ2n) is 4.13. The normalized spacial score (nSPS) is 11.3. The Balaban J connectivity index is 2.19. The molecule has 0 radical (unpaired) electrons. The maximum atomic E-state index is 5.79. The molecule has 92 valence electrons. The fraction of sp³-hybridized carbons (Fsp3) is 0.231. The molecule has 0 aliphatic rings. The van der Waals surface area contributed by atoms with E-state index in [4.69, 9.17) is 4.74 Å². The van der Waals surface area contributed by atoms with E-state index in [1.165, 1.54) is 0 Å². The van der Waals surface area contributed by atoms with Crippen molar-refractivity contribution < 1.29 is 4.74 Å². The summed E-state index contributed by atoms with van der Waals surface area (Å²) in [5.74, 6) is 0.627. The van der Waals surface area contributed by atoms with Crippen molar-refractivity contribution in [3.8, 4) is 16.5 Å². The molecule has 3 nitrogen and oxygen atoms in total. The molecule has 3 heterocycles. The Kier molecular flexibility index (Phi) is 3.01. The van der Waals surface area contributed by atoms with Crippen LogP contribution in [0.5, 0.6) is 5.88 Å². The lowest BCUT2D eigenvalue weighted by Crippen LogP contribution is -2.08. The van der Waals surface area contributed by atoms with Crippen LogP contribution in [0.4, 0.5) is 0 Å². The number of hydrogen-bond acceptors (Lipinski definition) is 5. The van der Waals surface area contributed by atoms with Crippen molar-refractivity contribution >= 4 is 33.0 Å². The fourth-order valence-corrected chi connectivity index (χ4v) is 3.06. The highest BCUT2D eigenvalue weighted by Crippen LogP contribution is 2.33. The zero-order chi connectivity index (χ0) is 12.5. The first-order valence-electron chi connectivity index (χ1n) is 5.70. The highest BCUT2D eigenvalue weighted by Gasteiger charge is 2.14. The van der Waals surface area contributed by atoms with Crippen LogP contribution in [-0.4, -0.2) is 16.1 Å². The highest BCUT2D eigenvalue weighted by molar-refractivity contribution is 7.16. The molecule has 0 N–H and O–H groups in total. The molecule has 0 saturated heterocycles. The zero-order valence-electron chi connectivity index (χ0n) is 10.1. The van der Waals surface area contributed by atoms with E-state index in [2.05, 4.69) is 9.97 Å². The lowest BCUT2D eigenvalue weighted by atomic mass is 10.3. The minimum absolute atomic E-state index is 0.0930. The number of aromatic nitrogens is 2. The van der Waals surface area contributed by atoms with Gasteiger partial charge in [-0.25, -0.2) is 4.98 Å². The third kappa shape index (κ3) is 2.11. The molecule has 0 aliphatic heterocycles. The Morgan fingerprint density at radius 1 is 1.11 bits per heavy atom. The summed E-state index contributed by atoms with van der Waals surface area (Å²) in [6.07, 6.45) is 0.0930. The molecule has 18 heavy (non-hydrogen) atoms. The Morgan fingerprint density at radius 2 is 2.00 bits per heavy atom. The van der Waals surface area contributed by atoms with E-state index in [0.717, 1.165) is 20.9 Å². The monoisotopic (exact) mass is 276 g/mol. The summed E-state index contributed by atoms with van der Waals surface area (Å²) in [7, 11) is 0. The van der Waals surface area contributed by atoms with Gasteiger partial charge in [-0.3, -0.25) is 0 Å². The number of thiophene rings is 2. The van der Waals surface area contributed by atoms with E-state index in [1.807, 2.05) is 42.8 Å². The van der Waals surface area contributed by atoms with Crippen molar-refractivity contribution in [1.82, 2.24) is 9.97 Å². The van der Waals surface area contributed by atoms with E-state index < -0.39 is 0 Å². The Labute approximate surface area is 113 Å². The van der Waals surface area contributed by atoms with Gasteiger partial charge in [0.2, 0.25) is 5.88 Å². The summed E-state index contributed by atoms with van der Waals surface area (Å²) < 4.78 is 5.79. The van der Waals surface area contributed by atoms with E-state index in [0.29, 0.717) is 5.88 Å². The Hall–Kier alpha value is -1.46. The number of fused-ring (bicyclic) bond motifs is 1. The van der Waals surface area contributed by atoms with Gasteiger partial charge in [-0.15, -0.1) is 22.7 Å². The molecule has 3 aromatic rings. The first kappa shape index (κ1) is 11.6. The average molecular weight is 276 g/mol. The summed E-state index contributed by atoms with van der Waals surface area (Å²) in [6, 6.07) is 6.04. The van der Waals surface area contributed by atoms with E-state index in [-0.39, 0.29) is 6.10 Å². The largest absolute Gasteiger partial charge is 0.473 e. The molecule has 0 saturated carbocycles. The van der Waals surface area contributed by atoms with Crippen LogP contribution in [0, 0.1) is 0 Å². The van der Waals surface area contributed by atoms with Crippen LogP contribution in [0.3, 0.4) is 0 Å². The second kappa shape index (κ2) is 4.66. The third-order valence-electron chi connectivity index (χ3n) is 2.36. The van der Waals surface area contributed by atoms with E-state index in [9.17, 15) is 0 Å². The van der Waals surface area contributed by atoms with Gasteiger partial charge < -0.3 is 4.74 Å². The summed E-state index contributed by atoms with van der Waals surface area (Å²) in [6.45, 7) is 4.00. The van der Waals surface area contributed by atoms with Crippen LogP contribution < -0.4 is 4.74 Å². The van der Waals surface area contributed by atoms with Crippen LogP contribution in [-0.2, 0) is 0 Å². The number of nitrogens with zero attached hydrogens (tertiary/aromatic N) is 2. The minimum atomic E-state index is 0.0930. The maximum absolute atomic E-state index is 5.79. The first-order chi connectivity index (χ1) is 8.74. The topological polar surface area (TPSA) is 35.0 Å². The molecular formula is C13H12N2OS2. The number of ether oxygens (including phenoxy) is 1. The minimum Gasteiger partial charge on any atom is -0.473 e. The summed E-state index contributed by atoms with van der Waals surface area (Å²) in [4.78, 5) is 11.2. The van der Waals surface area contributed by atoms with Crippen LogP contribution in [0.15, 0.2) is 29.0 Å². The predicted molar refractivity (Wildman–Crippen MR) is 76.5 cm³/mol. The summed E-state index contributed by atoms with van der Waals surface area (Å²) in [5.41, 5.74) is 1.77. The average Bonchev–Trinajstić information content (AvgIpc) is 2.97. The maximum Gasteiger partial charge on any atom is 0.243 e. The molecule has 3 rings (SSSR count). The molecule has 0 spiro atoms. The Bertz CT molecular complexity index is 659. The predicted octanol–water partition coefficient (Wildman–Crippen LogP) is 4.21. The molecular weight excluding hydrogens is 264 g/mol. The second-order valence-corrected chi connectivity index (χ2v) is 5.97. The van der Waals surface area contributed by atoms with Crippen molar-refractivity contribution in [3.63, 3.8) is 0 Å². The van der Waals surface area contributed by atoms with Crippen LogP contribution in [0.25, 0.3) is 20.9 Å². The highest BCUT2D eigenvalue weighted by atomic mass is 32.1. The fourth-order valence-electron chi connectivity index (χ4n) is 1.66. The third-order valence-corrected chi connectivity index (χ3v) is 4.04. The zero-order valence-corrected chi connectivity index (χ0v) is 11.7. The van der Waals surface area contributed by atoms with Gasteiger partial charge in [0.05, 0.1) is 11.0 Å². The first-order valence-corrected chi connectivity index (χ1v) is 7.46. The van der Waals surface area contributed by atoms with Crippen molar-refractivity contribution in [2.24, 2.45) is 0 Å². The Morgan fingerprint density at radius 3 is 2.72 bits per heavy atom. The van der Waals surface area contributed by atoms with Gasteiger partial charge in [-0.1, -0.05) is 6.07 Å². The van der Waals surface area contributed by atoms with E-state index in [1.54, 1.807) is 22.7 Å². The van der Waals surface area contributed by atoms with Gasteiger partial charge >= 0.3 is 0 Å². The number of hydrogen-bond donors (Lipinski definition) is 0. The quantitative estimate of drug-likeness (QED) is 0.719. The molecule has 0 fully saturated rings. The molecule has 3 aromatic heterocycles. The SMILES string of the molecule is CC(C)Oc1nc2sccc2nc1-c1cccs1. The summed E-state index contributed by atoms with van der Waals surface area (Å²) in [5, 5.41) is 4.04. The van der Waals surface area contributed by atoms with Gasteiger partial charge in [0.15, 0.2) is 0 Å². The smallest absolute Gasteiger partial charge is 0.243 e. The number of rotatable bonds is 3. The van der Waals surface area contributed by atoms with Crippen molar-refractivity contribution in [2.75, 3.05) is 0 Å². The lowest BCUT2D eigenvalue weighted by molar-refractivity contribution is 0.234. The molecule has 0 unspecified atom stereocenters. The van der Waals surface area contributed by atoms with Crippen LogP contribution in [0.2, 0.25) is 0 Å². The lowest BCUT2D eigenvalue weighted by Gasteiger charge is -2.11. The van der Waals surface area contributed by atoms with E-state index >= 15 is 0 Å². The van der Waals surface area contributed by atoms with Gasteiger partial charge in [0, 0.05) is 0 Å². The van der Waals surface area contributed by atoms with Gasteiger partial charge in [-0.2, -0.15) is 4.98 Å². The molecule has 0 aliphatic carbocycles. The molecule has 0 amide bonds. The molecule has 0 bridgehead atoms. The van der Waals surface area contributed by atoms with Crippen LogP contribution in [0.1, 0.15) is 13.8 Å². The molecule has 5 heteroatoms. The summed E-state index contributed by atoms with van der Waals surface area (Å²) >= 11 is 3.23.